The van der Waals surface area contributed by atoms with E-state index in [-0.39, 0.29) is 58.1 Å². The first-order chi connectivity index (χ1) is 4.54. The van der Waals surface area contributed by atoms with Crippen molar-refractivity contribution in [2.24, 2.45) is 0 Å². The molecule has 0 unspecified atom stereocenters. The van der Waals surface area contributed by atoms with Crippen molar-refractivity contribution in [2.75, 3.05) is 0 Å². The summed E-state index contributed by atoms with van der Waals surface area (Å²) in [6.07, 6.45) is -0.556. The molecule has 11 heavy (non-hydrogen) atoms. The molecule has 0 rings (SSSR count). The molecule has 0 saturated heterocycles. The Morgan fingerprint density at radius 2 is 1.00 bits per heavy atom. The fourth-order valence-electron chi connectivity index (χ4n) is 0. The average molecular weight is 234 g/mol. The van der Waals surface area contributed by atoms with Crippen LogP contribution in [0.15, 0.2) is 0 Å². The molecule has 0 aromatic carbocycles. The Labute approximate surface area is 98.5 Å². The van der Waals surface area contributed by atoms with Crippen LogP contribution in [0.2, 0.25) is 0 Å². The second-order valence-electron chi connectivity index (χ2n) is 0.874. The quantitative estimate of drug-likeness (QED) is 0.270. The van der Waals surface area contributed by atoms with Crippen molar-refractivity contribution in [1.82, 2.24) is 0 Å². The minimum atomic E-state index is -1.68. The summed E-state index contributed by atoms with van der Waals surface area (Å²) in [4.78, 5) is 35.5. The van der Waals surface area contributed by atoms with E-state index in [4.69, 9.17) is 29.4 Å². The predicted molar refractivity (Wildman–Crippen MR) is 27.9 cm³/mol. The van der Waals surface area contributed by atoms with Gasteiger partial charge in [-0.25, -0.2) is 0 Å². The van der Waals surface area contributed by atoms with Crippen molar-refractivity contribution < 1.29 is 29.4 Å². The third kappa shape index (κ3) is 41.6. The monoisotopic (exact) mass is 234 g/mol. The van der Waals surface area contributed by atoms with E-state index in [0.29, 0.717) is 0 Å². The minimum Gasteiger partial charge on any atom is -0.542 e. The Balaban J connectivity index is -0.000000107. The van der Waals surface area contributed by atoms with E-state index in [2.05, 4.69) is 0 Å². The molecule has 0 atom stereocenters. The predicted octanol–water partition coefficient (Wildman–Crippen LogP) is -4.51. The standard InChI is InChI=1S/2C2H2O3.Sr/c2*3-1-2(4)5;/h2*1H,(H,4,5);/q;;+2/p-2. The van der Waals surface area contributed by atoms with Gasteiger partial charge < -0.3 is 19.8 Å². The Morgan fingerprint density at radius 3 is 1.00 bits per heavy atom. The molecule has 0 N–H and O–H groups in total. The first-order valence-corrected chi connectivity index (χ1v) is 1.87. The van der Waals surface area contributed by atoms with Crippen LogP contribution in [0.25, 0.3) is 0 Å². The number of hydrogen-bond acceptors (Lipinski definition) is 6. The van der Waals surface area contributed by atoms with Gasteiger partial charge in [-0.2, -0.15) is 0 Å². The normalized spacial score (nSPS) is 5.82. The topological polar surface area (TPSA) is 114 Å². The van der Waals surface area contributed by atoms with Crippen molar-refractivity contribution in [3.63, 3.8) is 0 Å². The molecular formula is C4H2O6Sr. The van der Waals surface area contributed by atoms with Crippen LogP contribution in [0.5, 0.6) is 0 Å². The van der Waals surface area contributed by atoms with Gasteiger partial charge in [0, 0.05) is 0 Å². The van der Waals surface area contributed by atoms with E-state index in [1.807, 2.05) is 0 Å². The van der Waals surface area contributed by atoms with Crippen molar-refractivity contribution >= 4 is 70.0 Å². The number of carboxylic acids is 2. The molecule has 0 spiro atoms. The fraction of sp³-hybridized carbons (Fsp3) is 0. The fourth-order valence-corrected chi connectivity index (χ4v) is 0. The largest absolute Gasteiger partial charge is 2.00 e. The van der Waals surface area contributed by atoms with Crippen LogP contribution in [0.4, 0.5) is 0 Å². The van der Waals surface area contributed by atoms with Crippen LogP contribution in [-0.4, -0.2) is 70.0 Å². The first-order valence-electron chi connectivity index (χ1n) is 1.87. The summed E-state index contributed by atoms with van der Waals surface area (Å²) in [5, 5.41) is 17.8. The summed E-state index contributed by atoms with van der Waals surface area (Å²) in [6, 6.07) is 0. The summed E-state index contributed by atoms with van der Waals surface area (Å²) in [6.45, 7) is 0. The van der Waals surface area contributed by atoms with E-state index >= 15 is 0 Å². The Morgan fingerprint density at radius 1 is 0.909 bits per heavy atom. The number of carbonyl (C=O) groups is 4. The van der Waals surface area contributed by atoms with Gasteiger partial charge in [-0.1, -0.05) is 0 Å². The van der Waals surface area contributed by atoms with Gasteiger partial charge in [-0.05, 0) is 0 Å². The zero-order chi connectivity index (χ0) is 8.57. The summed E-state index contributed by atoms with van der Waals surface area (Å²) in [5.41, 5.74) is 0. The average Bonchev–Trinajstić information content (AvgIpc) is 1.89. The Kier molecular flexibility index (Phi) is 19.2. The number of hydrogen-bond donors (Lipinski definition) is 0. The Hall–Kier alpha value is -0.239. The molecule has 7 heteroatoms. The molecular weight excluding hydrogens is 232 g/mol. The summed E-state index contributed by atoms with van der Waals surface area (Å²) in [5.74, 6) is -3.35. The summed E-state index contributed by atoms with van der Waals surface area (Å²) >= 11 is 0. The van der Waals surface area contributed by atoms with E-state index in [1.54, 1.807) is 0 Å². The second kappa shape index (κ2) is 12.4. The maximum absolute atomic E-state index is 8.89. The molecule has 0 aliphatic heterocycles. The van der Waals surface area contributed by atoms with Gasteiger partial charge in [0.25, 0.3) is 0 Å². The summed E-state index contributed by atoms with van der Waals surface area (Å²) in [7, 11) is 0. The van der Waals surface area contributed by atoms with Crippen LogP contribution < -0.4 is 10.2 Å². The molecule has 56 valence electrons. The molecule has 0 aromatic rings. The number of carbonyl (C=O) groups excluding carboxylic acids is 4. The minimum absolute atomic E-state index is 0. The maximum Gasteiger partial charge on any atom is 2.00 e. The number of carboxylic acid groups (broad SMARTS) is 2. The molecule has 0 amide bonds. The van der Waals surface area contributed by atoms with E-state index in [9.17, 15) is 0 Å². The first kappa shape index (κ1) is 17.0. The van der Waals surface area contributed by atoms with Gasteiger partial charge in [0.2, 0.25) is 0 Å². The third-order valence-electron chi connectivity index (χ3n) is 0.192. The van der Waals surface area contributed by atoms with Crippen LogP contribution in [-0.2, 0) is 19.2 Å². The zero-order valence-corrected chi connectivity index (χ0v) is 8.79. The van der Waals surface area contributed by atoms with E-state index < -0.39 is 11.9 Å². The second-order valence-corrected chi connectivity index (χ2v) is 0.874. The zero-order valence-electron chi connectivity index (χ0n) is 5.31. The molecule has 0 saturated carbocycles. The molecule has 0 aromatic heterocycles. The third-order valence-corrected chi connectivity index (χ3v) is 0.192. The smallest absolute Gasteiger partial charge is 0.542 e. The number of aliphatic carboxylic acids is 2. The molecule has 0 heterocycles. The van der Waals surface area contributed by atoms with Crippen LogP contribution in [0, 0.1) is 0 Å². The number of aldehydes is 2. The van der Waals surface area contributed by atoms with Gasteiger partial charge in [0.15, 0.2) is 12.6 Å². The van der Waals surface area contributed by atoms with Gasteiger partial charge in [0.1, 0.15) is 11.9 Å². The van der Waals surface area contributed by atoms with Gasteiger partial charge >= 0.3 is 45.5 Å². The molecule has 0 bridgehead atoms. The van der Waals surface area contributed by atoms with Crippen LogP contribution in [0.3, 0.4) is 0 Å². The maximum atomic E-state index is 8.89. The molecule has 0 aliphatic carbocycles. The molecule has 0 radical (unpaired) electrons. The Bertz CT molecular complexity index is 135. The van der Waals surface area contributed by atoms with Crippen LogP contribution in [0.1, 0.15) is 0 Å². The van der Waals surface area contributed by atoms with Crippen LogP contribution >= 0.6 is 0 Å². The van der Waals surface area contributed by atoms with Crippen molar-refractivity contribution in [3.05, 3.63) is 0 Å². The van der Waals surface area contributed by atoms with Gasteiger partial charge in [0.05, 0.1) is 0 Å². The molecule has 0 aliphatic rings. The van der Waals surface area contributed by atoms with Gasteiger partial charge in [-0.3, -0.25) is 9.59 Å². The van der Waals surface area contributed by atoms with E-state index in [1.165, 1.54) is 0 Å². The molecule has 0 fully saturated rings. The van der Waals surface area contributed by atoms with Crippen molar-refractivity contribution in [3.8, 4) is 0 Å². The van der Waals surface area contributed by atoms with Crippen molar-refractivity contribution in [1.29, 1.82) is 0 Å². The molecule has 6 nitrogen and oxygen atoms in total. The SMILES string of the molecule is O=CC(=O)[O-].O=CC(=O)[O-].[Sr+2]. The van der Waals surface area contributed by atoms with Crippen molar-refractivity contribution in [2.45, 2.75) is 0 Å². The van der Waals surface area contributed by atoms with E-state index in [0.717, 1.165) is 0 Å². The number of rotatable bonds is 2. The summed E-state index contributed by atoms with van der Waals surface area (Å²) < 4.78 is 0. The van der Waals surface area contributed by atoms with Gasteiger partial charge in [-0.15, -0.1) is 0 Å².